The number of carbonyl (C=O) groups excluding carboxylic acids is 2. The molecule has 1 atom stereocenters. The van der Waals surface area contributed by atoms with Gasteiger partial charge in [0.15, 0.2) is 0 Å². The lowest BCUT2D eigenvalue weighted by Gasteiger charge is -2.23. The van der Waals surface area contributed by atoms with Crippen molar-refractivity contribution in [1.82, 2.24) is 10.6 Å². The molecule has 1 aromatic rings. The maximum Gasteiger partial charge on any atom is 0.408 e. The summed E-state index contributed by atoms with van der Waals surface area (Å²) in [6.45, 7) is 7.44. The van der Waals surface area contributed by atoms with E-state index >= 15 is 0 Å². The highest BCUT2D eigenvalue weighted by Gasteiger charge is 2.20. The molecular weight excluding hydrogens is 256 g/mol. The number of hydrogen-bond donors (Lipinski definition) is 2. The van der Waals surface area contributed by atoms with Gasteiger partial charge in [-0.1, -0.05) is 30.3 Å². The molecule has 5 heteroatoms. The summed E-state index contributed by atoms with van der Waals surface area (Å²) in [5.41, 5.74) is 0.565. The second-order valence-electron chi connectivity index (χ2n) is 5.67. The fraction of sp³-hybridized carbons (Fsp3) is 0.467. The zero-order chi connectivity index (χ0) is 15.2. The van der Waals surface area contributed by atoms with Gasteiger partial charge < -0.3 is 15.4 Å². The van der Waals surface area contributed by atoms with Crippen LogP contribution in [0.4, 0.5) is 4.79 Å². The molecular formula is C15H22N2O3. The number of ether oxygens (including phenoxy) is 1. The Balaban J connectivity index is 2.36. The summed E-state index contributed by atoms with van der Waals surface area (Å²) < 4.78 is 5.05. The van der Waals surface area contributed by atoms with E-state index in [-0.39, 0.29) is 18.1 Å². The van der Waals surface area contributed by atoms with Crippen LogP contribution in [0.3, 0.4) is 0 Å². The largest absolute Gasteiger partial charge is 0.445 e. The van der Waals surface area contributed by atoms with Gasteiger partial charge in [0.25, 0.3) is 0 Å². The molecule has 0 fully saturated rings. The van der Waals surface area contributed by atoms with Crippen molar-refractivity contribution in [3.63, 3.8) is 0 Å². The van der Waals surface area contributed by atoms with Crippen LogP contribution in [0.25, 0.3) is 0 Å². The van der Waals surface area contributed by atoms with Crippen LogP contribution in [0.15, 0.2) is 30.3 Å². The number of alkyl carbamates (subject to hydrolysis) is 1. The first-order valence-electron chi connectivity index (χ1n) is 6.57. The average molecular weight is 278 g/mol. The molecule has 1 aromatic carbocycles. The fourth-order valence-electron chi connectivity index (χ4n) is 1.48. The van der Waals surface area contributed by atoms with E-state index in [9.17, 15) is 9.59 Å². The number of amides is 2. The standard InChI is InChI=1S/C15H22N2O3/c1-11(13(18)17-15(2,3)4)16-14(19)20-10-12-8-6-5-7-9-12/h5-9,11H,10H2,1-4H3,(H,16,19)(H,17,18)/t11-/m0/s1. The smallest absolute Gasteiger partial charge is 0.408 e. The molecule has 0 unspecified atom stereocenters. The molecule has 20 heavy (non-hydrogen) atoms. The van der Waals surface area contributed by atoms with Gasteiger partial charge in [-0.05, 0) is 33.3 Å². The Hall–Kier alpha value is -2.04. The number of rotatable bonds is 4. The predicted molar refractivity (Wildman–Crippen MR) is 77.1 cm³/mol. The Labute approximate surface area is 119 Å². The second-order valence-corrected chi connectivity index (χ2v) is 5.67. The predicted octanol–water partition coefficient (Wildman–Crippen LogP) is 2.22. The van der Waals surface area contributed by atoms with E-state index in [1.165, 1.54) is 0 Å². The molecule has 0 aliphatic heterocycles. The molecule has 0 aliphatic rings. The van der Waals surface area contributed by atoms with Crippen LogP contribution < -0.4 is 10.6 Å². The molecule has 110 valence electrons. The van der Waals surface area contributed by atoms with Crippen molar-refractivity contribution in [2.75, 3.05) is 0 Å². The third-order valence-corrected chi connectivity index (χ3v) is 2.44. The minimum Gasteiger partial charge on any atom is -0.445 e. The van der Waals surface area contributed by atoms with Gasteiger partial charge in [-0.25, -0.2) is 4.79 Å². The van der Waals surface area contributed by atoms with Gasteiger partial charge >= 0.3 is 6.09 Å². The summed E-state index contributed by atoms with van der Waals surface area (Å²) >= 11 is 0. The van der Waals surface area contributed by atoms with Crippen molar-refractivity contribution in [2.24, 2.45) is 0 Å². The highest BCUT2D eigenvalue weighted by atomic mass is 16.5. The number of hydrogen-bond acceptors (Lipinski definition) is 3. The molecule has 0 saturated heterocycles. The van der Waals surface area contributed by atoms with Crippen molar-refractivity contribution >= 4 is 12.0 Å². The molecule has 5 nitrogen and oxygen atoms in total. The molecule has 0 saturated carbocycles. The number of carbonyl (C=O) groups is 2. The lowest BCUT2D eigenvalue weighted by atomic mass is 10.1. The van der Waals surface area contributed by atoms with E-state index in [4.69, 9.17) is 4.74 Å². The van der Waals surface area contributed by atoms with Crippen LogP contribution in [0.1, 0.15) is 33.3 Å². The Morgan fingerprint density at radius 2 is 1.80 bits per heavy atom. The molecule has 0 bridgehead atoms. The van der Waals surface area contributed by atoms with Crippen molar-refractivity contribution < 1.29 is 14.3 Å². The summed E-state index contributed by atoms with van der Waals surface area (Å²) in [6, 6.07) is 8.72. The summed E-state index contributed by atoms with van der Waals surface area (Å²) in [7, 11) is 0. The van der Waals surface area contributed by atoms with E-state index in [0.717, 1.165) is 5.56 Å². The third-order valence-electron chi connectivity index (χ3n) is 2.44. The Bertz CT molecular complexity index is 452. The molecule has 0 spiro atoms. The zero-order valence-electron chi connectivity index (χ0n) is 12.4. The van der Waals surface area contributed by atoms with E-state index in [1.54, 1.807) is 6.92 Å². The van der Waals surface area contributed by atoms with Gasteiger partial charge in [0, 0.05) is 5.54 Å². The topological polar surface area (TPSA) is 67.4 Å². The third kappa shape index (κ3) is 6.22. The van der Waals surface area contributed by atoms with E-state index < -0.39 is 12.1 Å². The van der Waals surface area contributed by atoms with E-state index in [2.05, 4.69) is 10.6 Å². The van der Waals surface area contributed by atoms with E-state index in [0.29, 0.717) is 0 Å². The lowest BCUT2D eigenvalue weighted by Crippen LogP contribution is -2.50. The Morgan fingerprint density at radius 1 is 1.20 bits per heavy atom. The van der Waals surface area contributed by atoms with Gasteiger partial charge in [0.05, 0.1) is 0 Å². The molecule has 0 heterocycles. The molecule has 1 rings (SSSR count). The van der Waals surface area contributed by atoms with Crippen molar-refractivity contribution in [1.29, 1.82) is 0 Å². The SMILES string of the molecule is C[C@H](NC(=O)OCc1ccccc1)C(=O)NC(C)(C)C. The molecule has 2 amide bonds. The van der Waals surface area contributed by atoms with Crippen molar-refractivity contribution in [3.8, 4) is 0 Å². The quantitative estimate of drug-likeness (QED) is 0.887. The maximum atomic E-state index is 11.8. The molecule has 0 radical (unpaired) electrons. The fourth-order valence-corrected chi connectivity index (χ4v) is 1.48. The lowest BCUT2D eigenvalue weighted by molar-refractivity contribution is -0.124. The maximum absolute atomic E-state index is 11.8. The van der Waals surface area contributed by atoms with Crippen molar-refractivity contribution in [3.05, 3.63) is 35.9 Å². The number of benzene rings is 1. The van der Waals surface area contributed by atoms with Crippen LogP contribution in [-0.4, -0.2) is 23.6 Å². The monoisotopic (exact) mass is 278 g/mol. The highest BCUT2D eigenvalue weighted by Crippen LogP contribution is 2.02. The van der Waals surface area contributed by atoms with Crippen LogP contribution in [0.2, 0.25) is 0 Å². The summed E-state index contributed by atoms with van der Waals surface area (Å²) in [5.74, 6) is -0.242. The first kappa shape index (κ1) is 16.0. The van der Waals surface area contributed by atoms with Crippen LogP contribution in [-0.2, 0) is 16.1 Å². The first-order chi connectivity index (χ1) is 9.28. The van der Waals surface area contributed by atoms with Gasteiger partial charge in [-0.15, -0.1) is 0 Å². The van der Waals surface area contributed by atoms with E-state index in [1.807, 2.05) is 51.1 Å². The Kier molecular flexibility index (Phi) is 5.55. The minimum atomic E-state index is -0.641. The van der Waals surface area contributed by atoms with Crippen LogP contribution in [0, 0.1) is 0 Å². The van der Waals surface area contributed by atoms with Gasteiger partial charge in [-0.2, -0.15) is 0 Å². The first-order valence-corrected chi connectivity index (χ1v) is 6.57. The summed E-state index contributed by atoms with van der Waals surface area (Å²) in [4.78, 5) is 23.4. The van der Waals surface area contributed by atoms with Crippen LogP contribution >= 0.6 is 0 Å². The van der Waals surface area contributed by atoms with Crippen LogP contribution in [0.5, 0.6) is 0 Å². The second kappa shape index (κ2) is 6.93. The normalized spacial score (nSPS) is 12.4. The molecule has 0 aliphatic carbocycles. The molecule has 0 aromatic heterocycles. The minimum absolute atomic E-state index is 0.181. The number of nitrogens with one attached hydrogen (secondary N) is 2. The summed E-state index contributed by atoms with van der Waals surface area (Å²) in [5, 5.41) is 5.29. The van der Waals surface area contributed by atoms with Gasteiger partial charge in [0.1, 0.15) is 12.6 Å². The molecule has 2 N–H and O–H groups in total. The Morgan fingerprint density at radius 3 is 2.35 bits per heavy atom. The van der Waals surface area contributed by atoms with Gasteiger partial charge in [0.2, 0.25) is 5.91 Å². The highest BCUT2D eigenvalue weighted by molar-refractivity contribution is 5.85. The summed E-state index contributed by atoms with van der Waals surface area (Å²) in [6.07, 6.45) is -0.606. The zero-order valence-corrected chi connectivity index (χ0v) is 12.4. The van der Waals surface area contributed by atoms with Crippen molar-refractivity contribution in [2.45, 2.75) is 45.9 Å². The average Bonchev–Trinajstić information content (AvgIpc) is 2.35. The van der Waals surface area contributed by atoms with Gasteiger partial charge in [-0.3, -0.25) is 4.79 Å².